The summed E-state index contributed by atoms with van der Waals surface area (Å²) in [6.07, 6.45) is 10.8. The molecule has 2 heterocycles. The fourth-order valence-electron chi connectivity index (χ4n) is 10.5. The summed E-state index contributed by atoms with van der Waals surface area (Å²) in [5, 5.41) is 32.4. The highest BCUT2D eigenvalue weighted by Gasteiger charge is 2.67. The first-order chi connectivity index (χ1) is 19.0. The zero-order valence-corrected chi connectivity index (χ0v) is 24.3. The van der Waals surface area contributed by atoms with Gasteiger partial charge >= 0.3 is 11.7 Å². The summed E-state index contributed by atoms with van der Waals surface area (Å²) in [7, 11) is 0. The molecule has 1 amide bonds. The summed E-state index contributed by atoms with van der Waals surface area (Å²) in [6.45, 7) is 7.71. The molecule has 0 bridgehead atoms. The second-order valence-electron chi connectivity index (χ2n) is 14.4. The van der Waals surface area contributed by atoms with Crippen LogP contribution in [-0.2, 0) is 0 Å². The quantitative estimate of drug-likeness (QED) is 0.466. The highest BCUT2D eigenvalue weighted by molar-refractivity contribution is 5.65. The van der Waals surface area contributed by atoms with Gasteiger partial charge in [-0.2, -0.15) is 0 Å². The number of aliphatic hydroxyl groups excluding tert-OH is 1. The molecule has 8 heteroatoms. The van der Waals surface area contributed by atoms with Gasteiger partial charge in [-0.25, -0.2) is 9.59 Å². The van der Waals surface area contributed by atoms with Crippen molar-refractivity contribution in [1.82, 2.24) is 9.80 Å². The van der Waals surface area contributed by atoms with Crippen LogP contribution in [0.2, 0.25) is 0 Å². The number of fused-ring (bicyclic) bond motifs is 5. The van der Waals surface area contributed by atoms with Crippen molar-refractivity contribution in [2.75, 3.05) is 26.2 Å². The lowest BCUT2D eigenvalue weighted by molar-refractivity contribution is -0.203. The lowest BCUT2D eigenvalue weighted by Gasteiger charge is -2.64. The van der Waals surface area contributed by atoms with E-state index in [0.717, 1.165) is 89.3 Å². The van der Waals surface area contributed by atoms with Crippen LogP contribution < -0.4 is 5.63 Å². The number of β-amino-alcohol motifs (C(OH)–C–C–N with tert-alkyl or cyclic N) is 1. The second-order valence-corrected chi connectivity index (χ2v) is 14.4. The van der Waals surface area contributed by atoms with Crippen molar-refractivity contribution in [3.8, 4) is 0 Å². The molecule has 1 saturated heterocycles. The molecular formula is C32H48N2O6. The summed E-state index contributed by atoms with van der Waals surface area (Å²) in [5.41, 5.74) is -0.131. The van der Waals surface area contributed by atoms with Crippen molar-refractivity contribution < 1.29 is 24.5 Å². The smallest absolute Gasteiger partial charge is 0.407 e. The number of carboxylic acid groups (broad SMARTS) is 1. The number of hydrogen-bond donors (Lipinski definition) is 3. The van der Waals surface area contributed by atoms with Gasteiger partial charge in [-0.05, 0) is 118 Å². The number of nitrogens with zero attached hydrogens (tertiary/aromatic N) is 2. The molecule has 40 heavy (non-hydrogen) atoms. The largest absolute Gasteiger partial charge is 0.465 e. The highest BCUT2D eigenvalue weighted by atomic mass is 16.4. The molecule has 9 atom stereocenters. The van der Waals surface area contributed by atoms with Crippen LogP contribution in [0, 0.1) is 28.6 Å². The Morgan fingerprint density at radius 1 is 1.07 bits per heavy atom. The minimum absolute atomic E-state index is 0.0665. The van der Waals surface area contributed by atoms with E-state index in [-0.39, 0.29) is 40.4 Å². The maximum Gasteiger partial charge on any atom is 0.407 e. The molecular weight excluding hydrogens is 508 g/mol. The van der Waals surface area contributed by atoms with Crippen molar-refractivity contribution in [2.24, 2.45) is 28.6 Å². The molecule has 5 fully saturated rings. The van der Waals surface area contributed by atoms with E-state index in [1.54, 1.807) is 11.2 Å². The zero-order chi connectivity index (χ0) is 28.3. The fraction of sp³-hybridized carbons (Fsp3) is 0.812. The topological polar surface area (TPSA) is 114 Å². The van der Waals surface area contributed by atoms with Crippen LogP contribution in [0.4, 0.5) is 4.79 Å². The van der Waals surface area contributed by atoms with E-state index in [0.29, 0.717) is 24.9 Å². The minimum atomic E-state index is -0.805. The molecule has 5 aliphatic rings. The first kappa shape index (κ1) is 28.2. The molecule has 1 aromatic heterocycles. The second kappa shape index (κ2) is 10.4. The Bertz CT molecular complexity index is 1140. The molecule has 222 valence electrons. The standard InChI is InChI=1S/C32H48N2O6/c1-30-12-8-23(34(29(37)38)16-3-15-33-17-11-24(35)19-33)18-22(30)5-6-27-26(30)9-13-31(2)25(10-14-32(27,31)39)21-4-7-28(36)40-20-21/h4,7,20,22-27,35,39H,3,5-6,8-19H2,1-2H3,(H,37,38)/t22-,23+,24-,25-,26+,27-,30+,31-,32+/m1/s1. The first-order valence-electron chi connectivity index (χ1n) is 15.8. The third-order valence-electron chi connectivity index (χ3n) is 12.8. The van der Waals surface area contributed by atoms with E-state index in [1.807, 2.05) is 6.07 Å². The van der Waals surface area contributed by atoms with Gasteiger partial charge in [0, 0.05) is 37.2 Å². The summed E-state index contributed by atoms with van der Waals surface area (Å²) < 4.78 is 5.23. The van der Waals surface area contributed by atoms with E-state index in [4.69, 9.17) is 4.42 Å². The van der Waals surface area contributed by atoms with Gasteiger partial charge < -0.3 is 29.5 Å². The predicted octanol–water partition coefficient (Wildman–Crippen LogP) is 4.69. The number of hydrogen-bond acceptors (Lipinski definition) is 6. The Labute approximate surface area is 237 Å². The number of aliphatic hydroxyl groups is 2. The number of amides is 1. The lowest BCUT2D eigenvalue weighted by Crippen LogP contribution is -2.62. The lowest BCUT2D eigenvalue weighted by atomic mass is 9.43. The van der Waals surface area contributed by atoms with Gasteiger partial charge in [-0.1, -0.05) is 13.8 Å². The van der Waals surface area contributed by atoms with Gasteiger partial charge in [0.2, 0.25) is 0 Å². The van der Waals surface area contributed by atoms with Gasteiger partial charge in [0.1, 0.15) is 0 Å². The van der Waals surface area contributed by atoms with Crippen LogP contribution in [0.15, 0.2) is 27.6 Å². The van der Waals surface area contributed by atoms with Crippen molar-refractivity contribution >= 4 is 6.09 Å². The van der Waals surface area contributed by atoms with Crippen LogP contribution in [0.5, 0.6) is 0 Å². The maximum absolute atomic E-state index is 12.5. The van der Waals surface area contributed by atoms with E-state index in [1.165, 1.54) is 6.07 Å². The first-order valence-corrected chi connectivity index (χ1v) is 15.8. The van der Waals surface area contributed by atoms with Crippen LogP contribution in [-0.4, -0.2) is 75.1 Å². The molecule has 1 aliphatic heterocycles. The molecule has 8 nitrogen and oxygen atoms in total. The number of rotatable bonds is 6. The summed E-state index contributed by atoms with van der Waals surface area (Å²) in [6, 6.07) is 3.46. The molecule has 1 aromatic rings. The Kier molecular flexibility index (Phi) is 7.36. The summed E-state index contributed by atoms with van der Waals surface area (Å²) in [4.78, 5) is 27.9. The predicted molar refractivity (Wildman–Crippen MR) is 151 cm³/mol. The molecule has 6 rings (SSSR count). The Balaban J connectivity index is 1.14. The zero-order valence-electron chi connectivity index (χ0n) is 24.3. The molecule has 0 aromatic carbocycles. The van der Waals surface area contributed by atoms with Crippen molar-refractivity contribution in [1.29, 1.82) is 0 Å². The van der Waals surface area contributed by atoms with Crippen molar-refractivity contribution in [2.45, 2.75) is 108 Å². The fourth-order valence-corrected chi connectivity index (χ4v) is 10.5. The molecule has 4 saturated carbocycles. The minimum Gasteiger partial charge on any atom is -0.465 e. The highest BCUT2D eigenvalue weighted by Crippen LogP contribution is 2.70. The van der Waals surface area contributed by atoms with E-state index in [9.17, 15) is 24.9 Å². The van der Waals surface area contributed by atoms with Crippen LogP contribution in [0.25, 0.3) is 0 Å². The summed E-state index contributed by atoms with van der Waals surface area (Å²) in [5.74, 6) is 1.39. The Morgan fingerprint density at radius 2 is 1.90 bits per heavy atom. The van der Waals surface area contributed by atoms with Crippen LogP contribution >= 0.6 is 0 Å². The number of carbonyl (C=O) groups is 1. The molecule has 3 N–H and O–H groups in total. The SMILES string of the molecule is C[C@]12CC[C@H](N(CCCN3CC[C@@H](O)C3)C(=O)O)C[C@H]1CC[C@@H]1[C@@H]2CC[C@]2(C)[C@@H](c3ccc(=O)oc3)CC[C@]12O. The van der Waals surface area contributed by atoms with Gasteiger partial charge in [0.15, 0.2) is 0 Å². The normalized spacial score (nSPS) is 43.1. The van der Waals surface area contributed by atoms with E-state index < -0.39 is 11.7 Å². The maximum atomic E-state index is 12.5. The van der Waals surface area contributed by atoms with E-state index >= 15 is 0 Å². The third kappa shape index (κ3) is 4.53. The molecule has 0 unspecified atom stereocenters. The molecule has 0 radical (unpaired) electrons. The molecule has 4 aliphatic carbocycles. The van der Waals surface area contributed by atoms with Gasteiger partial charge in [-0.3, -0.25) is 0 Å². The molecule has 0 spiro atoms. The third-order valence-corrected chi connectivity index (χ3v) is 12.8. The summed E-state index contributed by atoms with van der Waals surface area (Å²) >= 11 is 0. The van der Waals surface area contributed by atoms with E-state index in [2.05, 4.69) is 18.7 Å². The van der Waals surface area contributed by atoms with Crippen molar-refractivity contribution in [3.63, 3.8) is 0 Å². The average Bonchev–Trinajstić information content (AvgIpc) is 3.46. The Hall–Kier alpha value is -1.90. The number of likely N-dealkylation sites (tertiary alicyclic amines) is 1. The Morgan fingerprint density at radius 3 is 2.60 bits per heavy atom. The van der Waals surface area contributed by atoms with Crippen molar-refractivity contribution in [3.05, 3.63) is 34.4 Å². The van der Waals surface area contributed by atoms with Crippen LogP contribution in [0.1, 0.15) is 96.0 Å². The van der Waals surface area contributed by atoms with Gasteiger partial charge in [-0.15, -0.1) is 0 Å². The average molecular weight is 557 g/mol. The monoisotopic (exact) mass is 556 g/mol. The van der Waals surface area contributed by atoms with Gasteiger partial charge in [0.25, 0.3) is 0 Å². The van der Waals surface area contributed by atoms with Crippen LogP contribution in [0.3, 0.4) is 0 Å². The van der Waals surface area contributed by atoms with Gasteiger partial charge in [0.05, 0.1) is 18.0 Å².